The third-order valence-corrected chi connectivity index (χ3v) is 2.95. The molecule has 4 N–H and O–H groups in total. The van der Waals surface area contributed by atoms with Crippen LogP contribution in [-0.2, 0) is 5.54 Å². The zero-order valence-corrected chi connectivity index (χ0v) is 9.06. The molecule has 0 saturated carbocycles. The van der Waals surface area contributed by atoms with Crippen LogP contribution in [0.5, 0.6) is 0 Å². The van der Waals surface area contributed by atoms with E-state index in [0.29, 0.717) is 5.56 Å². The van der Waals surface area contributed by atoms with Crippen LogP contribution in [0.25, 0.3) is 0 Å². The van der Waals surface area contributed by atoms with E-state index in [4.69, 9.17) is 5.73 Å². The summed E-state index contributed by atoms with van der Waals surface area (Å²) in [4.78, 5) is 0. The Balaban J connectivity index is 2.78. The molecule has 1 aromatic carbocycles. The second-order valence-corrected chi connectivity index (χ2v) is 4.55. The molecule has 1 unspecified atom stereocenters. The number of aliphatic hydroxyl groups is 1. The molecule has 0 saturated heterocycles. The van der Waals surface area contributed by atoms with Crippen molar-refractivity contribution in [2.75, 3.05) is 5.73 Å². The molecule has 1 aromatic rings. The number of benzene rings is 1. The summed E-state index contributed by atoms with van der Waals surface area (Å²) in [6, 6.07) is 1.41. The monoisotopic (exact) mass is 210 g/mol. The summed E-state index contributed by atoms with van der Waals surface area (Å²) in [6.07, 6.45) is -0.885. The van der Waals surface area contributed by atoms with E-state index in [1.807, 2.05) is 20.8 Å². The summed E-state index contributed by atoms with van der Waals surface area (Å²) in [5, 5.41) is 12.8. The van der Waals surface area contributed by atoms with E-state index >= 15 is 0 Å². The molecule has 15 heavy (non-hydrogen) atoms. The molecule has 0 spiro atoms. The zero-order chi connectivity index (χ0) is 11.4. The van der Waals surface area contributed by atoms with Gasteiger partial charge in [0.25, 0.3) is 0 Å². The van der Waals surface area contributed by atoms with E-state index in [9.17, 15) is 9.50 Å². The van der Waals surface area contributed by atoms with Crippen molar-refractivity contribution in [3.8, 4) is 0 Å². The first-order chi connectivity index (χ1) is 6.84. The molecule has 4 heteroatoms. The minimum Gasteiger partial charge on any atom is -0.396 e. The summed E-state index contributed by atoms with van der Waals surface area (Å²) in [6.45, 7) is 5.70. The van der Waals surface area contributed by atoms with Gasteiger partial charge in [-0.2, -0.15) is 0 Å². The van der Waals surface area contributed by atoms with Crippen LogP contribution in [-0.4, -0.2) is 5.11 Å². The maximum absolute atomic E-state index is 13.4. The first-order valence-electron chi connectivity index (χ1n) is 4.89. The average Bonchev–Trinajstić information content (AvgIpc) is 2.32. The van der Waals surface area contributed by atoms with Crippen molar-refractivity contribution < 1.29 is 9.50 Å². The van der Waals surface area contributed by atoms with Crippen LogP contribution in [0.15, 0.2) is 6.07 Å². The van der Waals surface area contributed by atoms with Gasteiger partial charge in [-0.1, -0.05) is 0 Å². The SMILES string of the molecule is Cc1cc(F)c(N)c2c1C(C)(C)NC2O. The predicted octanol–water partition coefficient (Wildman–Crippen LogP) is 1.55. The molecule has 1 heterocycles. The molecule has 0 bridgehead atoms. The Morgan fingerprint density at radius 2 is 2.13 bits per heavy atom. The van der Waals surface area contributed by atoms with Crippen LogP contribution in [0.4, 0.5) is 10.1 Å². The van der Waals surface area contributed by atoms with Gasteiger partial charge in [-0.3, -0.25) is 5.32 Å². The van der Waals surface area contributed by atoms with Crippen molar-refractivity contribution in [2.45, 2.75) is 32.5 Å². The van der Waals surface area contributed by atoms with Crippen molar-refractivity contribution >= 4 is 5.69 Å². The number of halogens is 1. The minimum absolute atomic E-state index is 0.0428. The number of anilines is 1. The van der Waals surface area contributed by atoms with Crippen molar-refractivity contribution in [3.05, 3.63) is 28.6 Å². The number of nitrogen functional groups attached to an aromatic ring is 1. The Kier molecular flexibility index (Phi) is 2.03. The lowest BCUT2D eigenvalue weighted by atomic mass is 9.89. The van der Waals surface area contributed by atoms with Gasteiger partial charge < -0.3 is 10.8 Å². The number of hydrogen-bond donors (Lipinski definition) is 3. The second kappa shape index (κ2) is 2.93. The molecule has 1 aliphatic heterocycles. The first-order valence-corrected chi connectivity index (χ1v) is 4.89. The van der Waals surface area contributed by atoms with E-state index in [1.54, 1.807) is 0 Å². The summed E-state index contributed by atoms with van der Waals surface area (Å²) in [5.74, 6) is -0.468. The van der Waals surface area contributed by atoms with Crippen molar-refractivity contribution in [1.82, 2.24) is 5.32 Å². The van der Waals surface area contributed by atoms with Gasteiger partial charge in [0.05, 0.1) is 5.69 Å². The number of nitrogens with two attached hydrogens (primary N) is 1. The van der Waals surface area contributed by atoms with Gasteiger partial charge in [0, 0.05) is 11.1 Å². The molecule has 3 nitrogen and oxygen atoms in total. The predicted molar refractivity (Wildman–Crippen MR) is 56.7 cm³/mol. The van der Waals surface area contributed by atoms with Crippen LogP contribution in [0.3, 0.4) is 0 Å². The summed E-state index contributed by atoms with van der Waals surface area (Å²) < 4.78 is 13.4. The Hall–Kier alpha value is -1.13. The topological polar surface area (TPSA) is 58.3 Å². The van der Waals surface area contributed by atoms with Crippen LogP contribution >= 0.6 is 0 Å². The van der Waals surface area contributed by atoms with E-state index in [0.717, 1.165) is 11.1 Å². The lowest BCUT2D eigenvalue weighted by Gasteiger charge is -2.21. The zero-order valence-electron chi connectivity index (χ0n) is 9.06. The van der Waals surface area contributed by atoms with Crippen molar-refractivity contribution in [1.29, 1.82) is 0 Å². The fourth-order valence-corrected chi connectivity index (χ4v) is 2.42. The van der Waals surface area contributed by atoms with Crippen LogP contribution in [0, 0.1) is 12.7 Å². The lowest BCUT2D eigenvalue weighted by molar-refractivity contribution is 0.125. The number of nitrogens with one attached hydrogen (secondary N) is 1. The highest BCUT2D eigenvalue weighted by Gasteiger charge is 2.38. The van der Waals surface area contributed by atoms with Gasteiger partial charge in [-0.05, 0) is 38.0 Å². The fraction of sp³-hybridized carbons (Fsp3) is 0.455. The highest BCUT2D eigenvalue weighted by molar-refractivity contribution is 5.60. The maximum atomic E-state index is 13.4. The smallest absolute Gasteiger partial charge is 0.146 e. The lowest BCUT2D eigenvalue weighted by Crippen LogP contribution is -2.31. The number of aryl methyl sites for hydroxylation is 1. The van der Waals surface area contributed by atoms with Crippen LogP contribution in [0.1, 0.15) is 36.8 Å². The normalized spacial score (nSPS) is 22.9. The fourth-order valence-electron chi connectivity index (χ4n) is 2.42. The molecule has 0 aromatic heterocycles. The van der Waals surface area contributed by atoms with E-state index in [1.165, 1.54) is 6.07 Å². The Labute approximate surface area is 88.1 Å². The van der Waals surface area contributed by atoms with Gasteiger partial charge >= 0.3 is 0 Å². The quantitative estimate of drug-likeness (QED) is 0.569. The van der Waals surface area contributed by atoms with Crippen molar-refractivity contribution in [3.63, 3.8) is 0 Å². The maximum Gasteiger partial charge on any atom is 0.146 e. The largest absolute Gasteiger partial charge is 0.396 e. The van der Waals surface area contributed by atoms with Crippen LogP contribution in [0.2, 0.25) is 0 Å². The van der Waals surface area contributed by atoms with Crippen LogP contribution < -0.4 is 11.1 Å². The number of aliphatic hydroxyl groups excluding tert-OH is 1. The van der Waals surface area contributed by atoms with E-state index in [2.05, 4.69) is 5.32 Å². The summed E-state index contributed by atoms with van der Waals surface area (Å²) >= 11 is 0. The Bertz CT molecular complexity index is 429. The molecule has 0 amide bonds. The van der Waals surface area contributed by atoms with Gasteiger partial charge in [0.1, 0.15) is 12.0 Å². The van der Waals surface area contributed by atoms with Gasteiger partial charge in [0.15, 0.2) is 0 Å². The van der Waals surface area contributed by atoms with Gasteiger partial charge in [0.2, 0.25) is 0 Å². The molecule has 2 rings (SSSR count). The summed E-state index contributed by atoms with van der Waals surface area (Å²) in [7, 11) is 0. The molecule has 82 valence electrons. The molecule has 1 atom stereocenters. The number of fused-ring (bicyclic) bond motifs is 1. The number of rotatable bonds is 0. The molecular weight excluding hydrogens is 195 g/mol. The average molecular weight is 210 g/mol. The highest BCUT2D eigenvalue weighted by atomic mass is 19.1. The Morgan fingerprint density at radius 3 is 2.73 bits per heavy atom. The first kappa shape index (κ1) is 10.4. The molecule has 0 fully saturated rings. The minimum atomic E-state index is -0.885. The number of hydrogen-bond acceptors (Lipinski definition) is 3. The van der Waals surface area contributed by atoms with E-state index < -0.39 is 12.0 Å². The molecule has 0 aliphatic carbocycles. The third kappa shape index (κ3) is 1.33. The van der Waals surface area contributed by atoms with Crippen molar-refractivity contribution in [2.24, 2.45) is 0 Å². The summed E-state index contributed by atoms with van der Waals surface area (Å²) in [5.41, 5.74) is 7.50. The van der Waals surface area contributed by atoms with Gasteiger partial charge in [-0.15, -0.1) is 0 Å². The third-order valence-electron chi connectivity index (χ3n) is 2.95. The second-order valence-electron chi connectivity index (χ2n) is 4.55. The molecule has 0 radical (unpaired) electrons. The molecule has 1 aliphatic rings. The standard InChI is InChI=1S/C11H15FN2O/c1-5-4-6(12)9(13)7-8(5)11(2,3)14-10(7)15/h4,10,14-15H,13H2,1-3H3. The van der Waals surface area contributed by atoms with E-state index in [-0.39, 0.29) is 11.2 Å². The molecular formula is C11H15FN2O. The Morgan fingerprint density at radius 1 is 1.53 bits per heavy atom. The van der Waals surface area contributed by atoms with Gasteiger partial charge in [-0.25, -0.2) is 4.39 Å². The highest BCUT2D eigenvalue weighted by Crippen LogP contribution is 2.41.